The van der Waals surface area contributed by atoms with Gasteiger partial charge in [-0.15, -0.1) is 0 Å². The van der Waals surface area contributed by atoms with Crippen LogP contribution in [0.2, 0.25) is 0 Å². The van der Waals surface area contributed by atoms with Crippen LogP contribution in [-0.4, -0.2) is 47.1 Å². The van der Waals surface area contributed by atoms with Crippen LogP contribution in [0, 0.1) is 0 Å². The Kier molecular flexibility index (Phi) is 6.94. The SMILES string of the molecule is COCCCCCNc1cccc(S(=O)(=O)N(C)C)c1N. The number of hydrogen-bond donors (Lipinski definition) is 2. The first-order valence-corrected chi connectivity index (χ1v) is 8.39. The van der Waals surface area contributed by atoms with E-state index >= 15 is 0 Å². The summed E-state index contributed by atoms with van der Waals surface area (Å²) in [4.78, 5) is 0.136. The van der Waals surface area contributed by atoms with Crippen molar-refractivity contribution in [3.05, 3.63) is 18.2 Å². The van der Waals surface area contributed by atoms with E-state index in [1.165, 1.54) is 20.2 Å². The smallest absolute Gasteiger partial charge is 0.244 e. The molecule has 1 rings (SSSR count). The largest absolute Gasteiger partial charge is 0.396 e. The first kappa shape index (κ1) is 17.7. The van der Waals surface area contributed by atoms with Crippen LogP contribution in [0.3, 0.4) is 0 Å². The first-order chi connectivity index (χ1) is 9.91. The lowest BCUT2D eigenvalue weighted by Crippen LogP contribution is -2.23. The Hall–Kier alpha value is -1.31. The van der Waals surface area contributed by atoms with Crippen LogP contribution in [0.25, 0.3) is 0 Å². The maximum absolute atomic E-state index is 12.2. The number of para-hydroxylation sites is 1. The molecule has 3 N–H and O–H groups in total. The Morgan fingerprint density at radius 1 is 1.24 bits per heavy atom. The highest BCUT2D eigenvalue weighted by atomic mass is 32.2. The molecule has 0 aliphatic heterocycles. The minimum atomic E-state index is -3.52. The van der Waals surface area contributed by atoms with Crippen LogP contribution in [0.15, 0.2) is 23.1 Å². The van der Waals surface area contributed by atoms with E-state index in [0.29, 0.717) is 5.69 Å². The number of benzene rings is 1. The minimum absolute atomic E-state index is 0.136. The zero-order valence-electron chi connectivity index (χ0n) is 12.9. The summed E-state index contributed by atoms with van der Waals surface area (Å²) in [6, 6.07) is 5.01. The van der Waals surface area contributed by atoms with Gasteiger partial charge in [-0.25, -0.2) is 12.7 Å². The number of hydrogen-bond acceptors (Lipinski definition) is 5. The zero-order valence-corrected chi connectivity index (χ0v) is 13.7. The number of nitrogen functional groups attached to an aromatic ring is 1. The molecule has 0 atom stereocenters. The van der Waals surface area contributed by atoms with E-state index in [2.05, 4.69) is 5.32 Å². The van der Waals surface area contributed by atoms with E-state index in [1.54, 1.807) is 19.2 Å². The monoisotopic (exact) mass is 315 g/mol. The molecule has 0 aliphatic rings. The maximum Gasteiger partial charge on any atom is 0.244 e. The Bertz CT molecular complexity index is 544. The predicted molar refractivity (Wildman–Crippen MR) is 85.9 cm³/mol. The lowest BCUT2D eigenvalue weighted by atomic mass is 10.2. The topological polar surface area (TPSA) is 84.7 Å². The molecule has 0 bridgehead atoms. The van der Waals surface area contributed by atoms with Gasteiger partial charge in [0.1, 0.15) is 4.90 Å². The van der Waals surface area contributed by atoms with Crippen LogP contribution in [-0.2, 0) is 14.8 Å². The Balaban J connectivity index is 2.69. The molecule has 0 saturated heterocycles. The number of methoxy groups -OCH3 is 1. The Morgan fingerprint density at radius 3 is 2.57 bits per heavy atom. The van der Waals surface area contributed by atoms with Crippen molar-refractivity contribution < 1.29 is 13.2 Å². The molecule has 6 nitrogen and oxygen atoms in total. The Labute approximate surface area is 127 Å². The van der Waals surface area contributed by atoms with Gasteiger partial charge in [-0.3, -0.25) is 0 Å². The molecule has 1 aromatic rings. The summed E-state index contributed by atoms with van der Waals surface area (Å²) in [5, 5.41) is 3.19. The fourth-order valence-corrected chi connectivity index (χ4v) is 2.92. The number of unbranched alkanes of at least 4 members (excludes halogenated alkanes) is 2. The third kappa shape index (κ3) is 4.87. The lowest BCUT2D eigenvalue weighted by Gasteiger charge is -2.16. The van der Waals surface area contributed by atoms with Gasteiger partial charge in [0.15, 0.2) is 0 Å². The molecule has 0 amide bonds. The molecule has 0 radical (unpaired) electrons. The zero-order chi connectivity index (χ0) is 15.9. The molecule has 0 saturated carbocycles. The van der Waals surface area contributed by atoms with Gasteiger partial charge in [-0.2, -0.15) is 0 Å². The molecule has 0 fully saturated rings. The van der Waals surface area contributed by atoms with Crippen molar-refractivity contribution in [2.75, 3.05) is 45.4 Å². The van der Waals surface area contributed by atoms with Gasteiger partial charge in [0.05, 0.1) is 11.4 Å². The van der Waals surface area contributed by atoms with E-state index < -0.39 is 10.0 Å². The van der Waals surface area contributed by atoms with E-state index in [-0.39, 0.29) is 10.6 Å². The molecule has 21 heavy (non-hydrogen) atoms. The molecule has 7 heteroatoms. The summed E-state index contributed by atoms with van der Waals surface area (Å²) in [6.45, 7) is 1.51. The molecular weight excluding hydrogens is 290 g/mol. The molecule has 0 spiro atoms. The van der Waals surface area contributed by atoms with Crippen molar-refractivity contribution in [3.8, 4) is 0 Å². The maximum atomic E-state index is 12.2. The Morgan fingerprint density at radius 2 is 1.95 bits per heavy atom. The quantitative estimate of drug-likeness (QED) is 0.536. The van der Waals surface area contributed by atoms with Crippen molar-refractivity contribution in [3.63, 3.8) is 0 Å². The third-order valence-corrected chi connectivity index (χ3v) is 5.04. The van der Waals surface area contributed by atoms with E-state index in [4.69, 9.17) is 10.5 Å². The molecular formula is C14H25N3O3S. The first-order valence-electron chi connectivity index (χ1n) is 6.95. The second-order valence-corrected chi connectivity index (χ2v) is 7.11. The van der Waals surface area contributed by atoms with Crippen LogP contribution < -0.4 is 11.1 Å². The predicted octanol–water partition coefficient (Wildman–Crippen LogP) is 1.75. The van der Waals surface area contributed by atoms with Gasteiger partial charge in [-0.1, -0.05) is 6.07 Å². The molecule has 1 aromatic carbocycles. The van der Waals surface area contributed by atoms with Crippen LogP contribution in [0.4, 0.5) is 11.4 Å². The summed E-state index contributed by atoms with van der Waals surface area (Å²) in [6.07, 6.45) is 3.05. The lowest BCUT2D eigenvalue weighted by molar-refractivity contribution is 0.192. The van der Waals surface area contributed by atoms with E-state index in [1.807, 2.05) is 0 Å². The third-order valence-electron chi connectivity index (χ3n) is 3.17. The number of sulfonamides is 1. The van der Waals surface area contributed by atoms with Gasteiger partial charge in [0, 0.05) is 34.4 Å². The number of nitrogens with two attached hydrogens (primary N) is 1. The normalized spacial score (nSPS) is 11.8. The van der Waals surface area contributed by atoms with Crippen molar-refractivity contribution in [1.82, 2.24) is 4.31 Å². The number of nitrogens with one attached hydrogen (secondary N) is 1. The summed E-state index contributed by atoms with van der Waals surface area (Å²) in [5.74, 6) is 0. The highest BCUT2D eigenvalue weighted by Gasteiger charge is 2.21. The van der Waals surface area contributed by atoms with Gasteiger partial charge in [0.2, 0.25) is 10.0 Å². The number of anilines is 2. The highest BCUT2D eigenvalue weighted by Crippen LogP contribution is 2.28. The summed E-state index contributed by atoms with van der Waals surface area (Å²) in [5.41, 5.74) is 6.91. The van der Waals surface area contributed by atoms with Crippen molar-refractivity contribution in [2.45, 2.75) is 24.2 Å². The summed E-state index contributed by atoms with van der Waals surface area (Å²) < 4.78 is 30.5. The molecule has 0 aliphatic carbocycles. The van der Waals surface area contributed by atoms with E-state index in [9.17, 15) is 8.42 Å². The molecule has 0 unspecified atom stereocenters. The van der Waals surface area contributed by atoms with Gasteiger partial charge in [-0.05, 0) is 31.4 Å². The number of ether oxygens (including phenoxy) is 1. The summed E-state index contributed by atoms with van der Waals surface area (Å²) >= 11 is 0. The van der Waals surface area contributed by atoms with Gasteiger partial charge >= 0.3 is 0 Å². The second kappa shape index (κ2) is 8.21. The fourth-order valence-electron chi connectivity index (χ4n) is 1.89. The average Bonchev–Trinajstić information content (AvgIpc) is 2.43. The van der Waals surface area contributed by atoms with Gasteiger partial charge < -0.3 is 15.8 Å². The van der Waals surface area contributed by atoms with Crippen molar-refractivity contribution >= 4 is 21.4 Å². The second-order valence-electron chi connectivity index (χ2n) is 4.99. The van der Waals surface area contributed by atoms with E-state index in [0.717, 1.165) is 36.7 Å². The average molecular weight is 315 g/mol. The van der Waals surface area contributed by atoms with Crippen molar-refractivity contribution in [2.24, 2.45) is 0 Å². The minimum Gasteiger partial charge on any atom is -0.396 e. The van der Waals surface area contributed by atoms with Gasteiger partial charge in [0.25, 0.3) is 0 Å². The molecule has 0 aromatic heterocycles. The fraction of sp³-hybridized carbons (Fsp3) is 0.571. The molecule has 0 heterocycles. The summed E-state index contributed by atoms with van der Waals surface area (Å²) in [7, 11) is 1.15. The number of nitrogens with zero attached hydrogens (tertiary/aromatic N) is 1. The van der Waals surface area contributed by atoms with Crippen LogP contribution in [0.5, 0.6) is 0 Å². The standard InChI is InChI=1S/C14H25N3O3S/c1-17(2)21(18,19)13-9-7-8-12(14(13)15)16-10-5-4-6-11-20-3/h7-9,16H,4-6,10-11,15H2,1-3H3. The van der Waals surface area contributed by atoms with Crippen LogP contribution in [0.1, 0.15) is 19.3 Å². The van der Waals surface area contributed by atoms with Crippen molar-refractivity contribution in [1.29, 1.82) is 0 Å². The number of rotatable bonds is 9. The van der Waals surface area contributed by atoms with Crippen LogP contribution >= 0.6 is 0 Å². The highest BCUT2D eigenvalue weighted by molar-refractivity contribution is 7.89. The molecule has 120 valence electrons.